The maximum Gasteiger partial charge on any atom is 0.268 e. The van der Waals surface area contributed by atoms with Crippen LogP contribution in [0.1, 0.15) is 29.4 Å². The number of thiophene rings is 1. The van der Waals surface area contributed by atoms with Gasteiger partial charge >= 0.3 is 0 Å². The molecule has 13 heteroatoms. The first kappa shape index (κ1) is 71.8. The molecule has 0 fully saturated rings. The fourth-order valence-electron chi connectivity index (χ4n) is 16.6. The normalized spacial score (nSPS) is 11.9. The largest absolute Gasteiger partial charge is 0.504 e. The second-order valence-corrected chi connectivity index (χ2v) is 30.1. The molecule has 119 heavy (non-hydrogen) atoms. The van der Waals surface area contributed by atoms with Gasteiger partial charge in [-0.1, -0.05) is 256 Å². The summed E-state index contributed by atoms with van der Waals surface area (Å²) in [4.78, 5) is 9.43. The van der Waals surface area contributed by atoms with Gasteiger partial charge in [0.05, 0.1) is 72.3 Å². The first-order valence-corrected chi connectivity index (χ1v) is 39.8. The number of nitrogens with zero attached hydrogens (tertiary/aromatic N) is 8. The molecule has 0 unspecified atom stereocenters. The Balaban J connectivity index is 0.000000162. The molecule has 0 aliphatic heterocycles. The van der Waals surface area contributed by atoms with Gasteiger partial charge in [0, 0.05) is 109 Å². The van der Waals surface area contributed by atoms with Gasteiger partial charge in [-0.3, -0.25) is 4.57 Å². The molecular weight excluding hydrogens is 1840 g/mol. The van der Waals surface area contributed by atoms with Gasteiger partial charge in [-0.05, 0) is 126 Å². The van der Waals surface area contributed by atoms with Crippen LogP contribution in [0.2, 0.25) is 0 Å². The predicted octanol–water partition coefficient (Wildman–Crippen LogP) is 25.6. The number of pyridine rings is 2. The van der Waals surface area contributed by atoms with Crippen LogP contribution in [0.15, 0.2) is 364 Å². The summed E-state index contributed by atoms with van der Waals surface area (Å²) in [7, 11) is 0. The van der Waals surface area contributed by atoms with Crippen LogP contribution in [0.4, 0.5) is 0 Å². The van der Waals surface area contributed by atoms with Crippen molar-refractivity contribution in [3.8, 4) is 107 Å². The summed E-state index contributed by atoms with van der Waals surface area (Å²) in [6.07, 6.45) is 10.7. The van der Waals surface area contributed by atoms with Crippen molar-refractivity contribution in [3.05, 3.63) is 406 Å². The Morgan fingerprint density at radius 3 is 1.39 bits per heavy atom. The summed E-state index contributed by atoms with van der Waals surface area (Å²) in [5, 5.41) is 9.88. The van der Waals surface area contributed by atoms with Crippen LogP contribution >= 0.6 is 11.3 Å². The average Bonchev–Trinajstić information content (AvgIpc) is 1.55. The number of hydrogen-bond acceptors (Lipinski definition) is 5. The Hall–Kier alpha value is -13.7. The molecule has 15 aromatic carbocycles. The third-order valence-corrected chi connectivity index (χ3v) is 22.8. The van der Waals surface area contributed by atoms with Gasteiger partial charge in [0.1, 0.15) is 0 Å². The van der Waals surface area contributed by atoms with E-state index < -0.39 is 6.98 Å². The van der Waals surface area contributed by atoms with Gasteiger partial charge in [0.25, 0.3) is 6.33 Å². The van der Waals surface area contributed by atoms with Crippen molar-refractivity contribution < 1.29 is 64.9 Å². The Morgan fingerprint density at radius 2 is 0.840 bits per heavy atom. The number of imidazole rings is 2. The van der Waals surface area contributed by atoms with Crippen LogP contribution in [0.3, 0.4) is 0 Å². The Morgan fingerprint density at radius 1 is 0.387 bits per heavy atom. The summed E-state index contributed by atoms with van der Waals surface area (Å²) >= 11 is 1.67. The minimum atomic E-state index is -2.61. The van der Waals surface area contributed by atoms with Crippen molar-refractivity contribution in [3.63, 3.8) is 0 Å². The summed E-state index contributed by atoms with van der Waals surface area (Å²) in [6, 6.07) is 132. The zero-order chi connectivity index (χ0) is 80.5. The summed E-state index contributed by atoms with van der Waals surface area (Å²) in [6.45, 7) is 1.81. The van der Waals surface area contributed by atoms with Gasteiger partial charge in [-0.2, -0.15) is 24.3 Å². The van der Waals surface area contributed by atoms with E-state index in [4.69, 9.17) is 18.6 Å². The number of para-hydroxylation sites is 8. The molecule has 0 bridgehead atoms. The van der Waals surface area contributed by atoms with E-state index in [9.17, 15) is 0 Å². The van der Waals surface area contributed by atoms with E-state index in [1.807, 2.05) is 109 Å². The monoisotopic (exact) mass is 1910 g/mol. The number of ether oxygens (including phenoxy) is 2. The molecular formula is C106H70N8O2Pt2S-4. The minimum absolute atomic E-state index is 0. The van der Waals surface area contributed by atoms with Gasteiger partial charge in [0.2, 0.25) is 6.33 Å². The first-order chi connectivity index (χ1) is 59.0. The minimum Gasteiger partial charge on any atom is -0.504 e. The Bertz CT molecular complexity index is 7450. The van der Waals surface area contributed by atoms with Gasteiger partial charge in [-0.15, -0.1) is 83.1 Å². The van der Waals surface area contributed by atoms with Crippen LogP contribution in [-0.4, -0.2) is 28.2 Å². The number of rotatable bonds is 15. The van der Waals surface area contributed by atoms with Crippen molar-refractivity contribution >= 4 is 97.9 Å². The first-order valence-electron chi connectivity index (χ1n) is 40.5. The van der Waals surface area contributed by atoms with Crippen LogP contribution < -0.4 is 18.6 Å². The molecule has 0 aliphatic rings. The van der Waals surface area contributed by atoms with E-state index in [1.165, 1.54) is 10.1 Å². The molecule has 0 radical (unpaired) electrons. The summed E-state index contributed by atoms with van der Waals surface area (Å²) in [5.41, 5.74) is 22.4. The maximum absolute atomic E-state index is 9.03. The van der Waals surface area contributed by atoms with E-state index in [1.54, 1.807) is 15.9 Å². The molecule has 576 valence electrons. The second-order valence-electron chi connectivity index (χ2n) is 29.2. The smallest absolute Gasteiger partial charge is 0.268 e. The number of aryl methyl sites for hydroxylation is 1. The van der Waals surface area contributed by atoms with Gasteiger partial charge in [-0.25, -0.2) is 0 Å². The molecule has 0 N–H and O–H groups in total. The van der Waals surface area contributed by atoms with Gasteiger partial charge < -0.3 is 42.3 Å². The number of aromatic nitrogens is 8. The zero-order valence-electron chi connectivity index (χ0n) is 67.2. The quantitative estimate of drug-likeness (QED) is 0.0757. The maximum atomic E-state index is 9.03. The van der Waals surface area contributed by atoms with Crippen LogP contribution in [-0.2, 0) is 49.1 Å². The predicted molar refractivity (Wildman–Crippen MR) is 474 cm³/mol. The molecule has 0 amide bonds. The molecule has 0 spiro atoms. The molecule has 22 aromatic rings. The molecule has 22 rings (SSSR count). The molecule has 0 saturated carbocycles. The van der Waals surface area contributed by atoms with Crippen molar-refractivity contribution in [2.75, 3.05) is 0 Å². The Labute approximate surface area is 725 Å². The molecule has 0 aliphatic carbocycles. The fourth-order valence-corrected chi connectivity index (χ4v) is 17.4. The topological polar surface area (TPSA) is 71.7 Å². The summed E-state index contributed by atoms with van der Waals surface area (Å²) < 4.78 is 53.1. The molecule has 0 atom stereocenters. The average molecular weight is 1910 g/mol. The van der Waals surface area contributed by atoms with Gasteiger partial charge in [0.15, 0.2) is 0 Å². The Kier molecular flexibility index (Phi) is 19.4. The number of fused-ring (bicyclic) bond motifs is 10. The van der Waals surface area contributed by atoms with Crippen molar-refractivity contribution in [2.24, 2.45) is 6.98 Å². The van der Waals surface area contributed by atoms with E-state index in [2.05, 4.69) is 328 Å². The van der Waals surface area contributed by atoms with Crippen LogP contribution in [0, 0.1) is 36.9 Å². The SMILES string of the molecule is CC(C)c1ccc2c(-c3[c-]c(Oc4[c-]c(-n5[c-][n+](-c6c(-c7ccccc7)cccc6-c6ccccc6)c6ccccc65)ccc4)ccc3)nccc2c1.[2H]C([2H])([2H])[n+]1[c-]n(-c2[c-]c(Oc3[c-]c(-c4nccc5sccc45)ccc3)ccc2)c2cccc(-c3c(-n4c5ccccc5c5ccccc54)cccc3-n3c4ccccc4c4ccccc43)c21.[Pt].[Pt]. The molecule has 7 aromatic heterocycles. The van der Waals surface area contributed by atoms with Crippen LogP contribution in [0.25, 0.3) is 171 Å². The molecule has 7 heterocycles. The van der Waals surface area contributed by atoms with E-state index in [0.29, 0.717) is 45.6 Å². The van der Waals surface area contributed by atoms with E-state index >= 15 is 0 Å². The fraction of sp³-hybridized carbons (Fsp3) is 0.0377. The third-order valence-electron chi connectivity index (χ3n) is 21.9. The number of benzene rings is 15. The second kappa shape index (κ2) is 32.1. The van der Waals surface area contributed by atoms with E-state index in [-0.39, 0.29) is 42.1 Å². The molecule has 10 nitrogen and oxygen atoms in total. The number of hydrogen-bond donors (Lipinski definition) is 0. The van der Waals surface area contributed by atoms with Crippen molar-refractivity contribution in [1.82, 2.24) is 28.2 Å². The zero-order valence-corrected chi connectivity index (χ0v) is 69.5. The molecule has 0 saturated heterocycles. The van der Waals surface area contributed by atoms with Crippen molar-refractivity contribution in [2.45, 2.75) is 19.8 Å². The van der Waals surface area contributed by atoms with Crippen LogP contribution in [0.5, 0.6) is 23.0 Å². The van der Waals surface area contributed by atoms with E-state index in [0.717, 1.165) is 154 Å². The third kappa shape index (κ3) is 13.7. The van der Waals surface area contributed by atoms with Crippen molar-refractivity contribution in [1.29, 1.82) is 0 Å². The summed E-state index contributed by atoms with van der Waals surface area (Å²) in [5.74, 6) is 2.56. The standard InChI is InChI=1S/C57H35N5OS.C49H35N3O.2Pt/c1-59-36-60(38-15-11-17-40(35-38)63-39-16-10-14-37(34-39)56-45-31-33-64-54(45)30-32-58-56)53-29-12-22-46(57(53)59)55-51(61-47-23-6-2-18-41(47)42-19-3-7-24-48(42)61)27-13-28-52(55)62-49-25-8-4-20-43(49)44-21-5-9-26-50(44)62;1-34(2)37-26-27-43-38(30-37)28-29-50-48(43)39-18-11-20-41(31-39)53-42-21-12-19-40(32-42)51-33-52(47-25-10-9-24-46(47)51)49-44(35-14-5-3-6-15-35)22-13-23-45(49)36-16-7-4-8-17-36;;/h2-33H,1H3;3-30,34H,1-2H3;;/q2*-2;;/i1D3;;;.